The number of H-pyrrole nitrogens is 2. The van der Waals surface area contributed by atoms with Crippen molar-refractivity contribution < 1.29 is 4.74 Å². The van der Waals surface area contributed by atoms with Gasteiger partial charge in [0.15, 0.2) is 0 Å². The summed E-state index contributed by atoms with van der Waals surface area (Å²) in [5.74, 6) is 1.91. The van der Waals surface area contributed by atoms with E-state index in [1.807, 2.05) is 30.3 Å². The summed E-state index contributed by atoms with van der Waals surface area (Å²) in [5.41, 5.74) is 7.13. The molecule has 0 radical (unpaired) electrons. The van der Waals surface area contributed by atoms with E-state index in [0.717, 1.165) is 70.6 Å². The van der Waals surface area contributed by atoms with Crippen molar-refractivity contribution in [3.8, 4) is 28.3 Å². The molecule has 0 aliphatic carbocycles. The van der Waals surface area contributed by atoms with Gasteiger partial charge in [-0.25, -0.2) is 4.98 Å². The van der Waals surface area contributed by atoms with Gasteiger partial charge in [0.05, 0.1) is 29.3 Å². The third kappa shape index (κ3) is 4.08. The minimum absolute atomic E-state index is 0.172. The molecule has 3 N–H and O–H groups in total. The summed E-state index contributed by atoms with van der Waals surface area (Å²) in [6, 6.07) is 20.8. The van der Waals surface area contributed by atoms with Gasteiger partial charge in [-0.1, -0.05) is 43.3 Å². The van der Waals surface area contributed by atoms with Crippen molar-refractivity contribution in [2.24, 2.45) is 5.92 Å². The fraction of sp³-hybridized carbons (Fsp3) is 0.312. The molecule has 1 atom stereocenters. The summed E-state index contributed by atoms with van der Waals surface area (Å²) >= 11 is 0. The number of piperidine rings is 3. The van der Waals surface area contributed by atoms with Crippen LogP contribution < -0.4 is 15.6 Å². The zero-order valence-electron chi connectivity index (χ0n) is 22.4. The predicted octanol–water partition coefficient (Wildman–Crippen LogP) is 5.82. The molecular formula is C32H33N5O2. The molecule has 3 fully saturated rings. The van der Waals surface area contributed by atoms with Gasteiger partial charge in [-0.15, -0.1) is 0 Å². The number of para-hydroxylation sites is 2. The molecule has 3 aliphatic rings. The van der Waals surface area contributed by atoms with Crippen molar-refractivity contribution >= 4 is 27.6 Å². The van der Waals surface area contributed by atoms with Crippen LogP contribution in [0, 0.1) is 5.92 Å². The largest absolute Gasteiger partial charge is 0.496 e. The van der Waals surface area contributed by atoms with Gasteiger partial charge in [0.1, 0.15) is 17.1 Å². The number of aromatic nitrogens is 3. The van der Waals surface area contributed by atoms with Gasteiger partial charge in [-0.3, -0.25) is 4.79 Å². The quantitative estimate of drug-likeness (QED) is 0.263. The number of anilines is 1. The van der Waals surface area contributed by atoms with Crippen molar-refractivity contribution in [3.05, 3.63) is 76.6 Å². The van der Waals surface area contributed by atoms with Crippen LogP contribution in [0.5, 0.6) is 5.75 Å². The molecule has 0 saturated carbocycles. The van der Waals surface area contributed by atoms with E-state index < -0.39 is 0 Å². The Bertz CT molecular complexity index is 1710. The summed E-state index contributed by atoms with van der Waals surface area (Å²) in [4.78, 5) is 27.7. The number of pyridine rings is 1. The van der Waals surface area contributed by atoms with E-state index in [2.05, 4.69) is 57.4 Å². The lowest BCUT2D eigenvalue weighted by Gasteiger charge is -2.45. The van der Waals surface area contributed by atoms with E-state index in [0.29, 0.717) is 17.3 Å². The molecule has 2 bridgehead atoms. The normalized spacial score (nSPS) is 20.5. The number of aryl methyl sites for hydroxylation is 1. The average molecular weight is 520 g/mol. The van der Waals surface area contributed by atoms with Gasteiger partial charge < -0.3 is 24.9 Å². The zero-order chi connectivity index (χ0) is 26.5. The Morgan fingerprint density at radius 3 is 2.54 bits per heavy atom. The zero-order valence-corrected chi connectivity index (χ0v) is 22.4. The Morgan fingerprint density at radius 1 is 1.00 bits per heavy atom. The molecule has 8 rings (SSSR count). The van der Waals surface area contributed by atoms with E-state index in [-0.39, 0.29) is 11.6 Å². The monoisotopic (exact) mass is 519 g/mol. The molecule has 2 aromatic heterocycles. The molecule has 7 nitrogen and oxygen atoms in total. The van der Waals surface area contributed by atoms with Crippen molar-refractivity contribution in [1.82, 2.24) is 19.9 Å². The topological polar surface area (TPSA) is 86.0 Å². The summed E-state index contributed by atoms with van der Waals surface area (Å²) in [6.07, 6.45) is 3.28. The number of aromatic amines is 2. The first-order valence-corrected chi connectivity index (χ1v) is 13.9. The second kappa shape index (κ2) is 9.58. The van der Waals surface area contributed by atoms with Crippen molar-refractivity contribution in [3.63, 3.8) is 0 Å². The molecule has 5 heterocycles. The van der Waals surface area contributed by atoms with Crippen LogP contribution in [0.15, 0.2) is 65.5 Å². The number of fused-ring (bicyclic) bond motifs is 5. The van der Waals surface area contributed by atoms with Crippen LogP contribution in [0.3, 0.4) is 0 Å². The van der Waals surface area contributed by atoms with E-state index >= 15 is 0 Å². The molecule has 7 heteroatoms. The van der Waals surface area contributed by atoms with E-state index in [1.165, 1.54) is 18.4 Å². The average Bonchev–Trinajstić information content (AvgIpc) is 3.41. The number of ether oxygens (including phenoxy) is 1. The van der Waals surface area contributed by atoms with Crippen molar-refractivity contribution in [1.29, 1.82) is 0 Å². The van der Waals surface area contributed by atoms with Crippen LogP contribution in [-0.2, 0) is 6.42 Å². The number of imidazole rings is 1. The number of benzene rings is 3. The number of methoxy groups -OCH3 is 1. The molecule has 3 aliphatic heterocycles. The van der Waals surface area contributed by atoms with Gasteiger partial charge in [0, 0.05) is 29.6 Å². The second-order valence-electron chi connectivity index (χ2n) is 10.8. The molecule has 39 heavy (non-hydrogen) atoms. The van der Waals surface area contributed by atoms with Crippen LogP contribution in [0.4, 0.5) is 5.69 Å². The number of hydrogen-bond donors (Lipinski definition) is 3. The lowest BCUT2D eigenvalue weighted by molar-refractivity contribution is 0.0976. The highest BCUT2D eigenvalue weighted by molar-refractivity contribution is 6.02. The molecule has 0 unspecified atom stereocenters. The molecule has 3 aromatic carbocycles. The fourth-order valence-corrected chi connectivity index (χ4v) is 6.55. The van der Waals surface area contributed by atoms with Gasteiger partial charge in [-0.05, 0) is 67.6 Å². The standard InChI is InChI=1S/C32H33N5O2/c1-3-19-8-4-5-9-21(19)22-16-23-26(17-28(22)39-2)36-32(38)29(31-34-24-10-6-7-11-25(24)35-31)30(23)33-27-18-37-14-12-20(27)13-15-37/h4-11,16-17,20,27H,3,12-15,18H2,1-2H3,(H,34,35)(H2,33,36,38)/t27-/m0/s1. The SMILES string of the molecule is CCc1ccccc1-c1cc2c(N[C@H]3CN4CCC3CC4)c(-c3nc4ccccc4[nH]3)c(=O)[nH]c2cc1OC. The van der Waals surface area contributed by atoms with Crippen molar-refractivity contribution in [2.45, 2.75) is 32.2 Å². The second-order valence-corrected chi connectivity index (χ2v) is 10.8. The number of nitrogens with zero attached hydrogens (tertiary/aromatic N) is 2. The highest BCUT2D eigenvalue weighted by Gasteiger charge is 2.35. The summed E-state index contributed by atoms with van der Waals surface area (Å²) in [6.45, 7) is 5.47. The highest BCUT2D eigenvalue weighted by Crippen LogP contribution is 2.41. The minimum atomic E-state index is -0.172. The molecular weight excluding hydrogens is 486 g/mol. The highest BCUT2D eigenvalue weighted by atomic mass is 16.5. The maximum atomic E-state index is 13.8. The van der Waals surface area contributed by atoms with Crippen LogP contribution in [0.2, 0.25) is 0 Å². The smallest absolute Gasteiger partial charge is 0.261 e. The minimum Gasteiger partial charge on any atom is -0.496 e. The first kappa shape index (κ1) is 24.0. The Hall–Kier alpha value is -4.10. The first-order chi connectivity index (χ1) is 19.1. The molecule has 5 aromatic rings. The lowest BCUT2D eigenvalue weighted by atomic mass is 9.83. The summed E-state index contributed by atoms with van der Waals surface area (Å²) < 4.78 is 5.86. The summed E-state index contributed by atoms with van der Waals surface area (Å²) in [5, 5.41) is 4.85. The van der Waals surface area contributed by atoms with Crippen LogP contribution >= 0.6 is 0 Å². The van der Waals surface area contributed by atoms with Gasteiger partial charge in [0.25, 0.3) is 5.56 Å². The first-order valence-electron chi connectivity index (χ1n) is 13.9. The maximum absolute atomic E-state index is 13.8. The Morgan fingerprint density at radius 2 is 1.79 bits per heavy atom. The predicted molar refractivity (Wildman–Crippen MR) is 158 cm³/mol. The maximum Gasteiger partial charge on any atom is 0.261 e. The lowest BCUT2D eigenvalue weighted by Crippen LogP contribution is -2.53. The molecule has 198 valence electrons. The molecule has 0 spiro atoms. The van der Waals surface area contributed by atoms with Crippen LogP contribution in [0.1, 0.15) is 25.3 Å². The molecule has 0 amide bonds. The third-order valence-corrected chi connectivity index (χ3v) is 8.63. The summed E-state index contributed by atoms with van der Waals surface area (Å²) in [7, 11) is 1.69. The van der Waals surface area contributed by atoms with E-state index in [4.69, 9.17) is 9.72 Å². The number of hydrogen-bond acceptors (Lipinski definition) is 5. The van der Waals surface area contributed by atoms with Gasteiger partial charge in [0.2, 0.25) is 0 Å². The Kier molecular flexibility index (Phi) is 5.89. The van der Waals surface area contributed by atoms with Gasteiger partial charge >= 0.3 is 0 Å². The Labute approximate surface area is 227 Å². The fourth-order valence-electron chi connectivity index (χ4n) is 6.55. The van der Waals surface area contributed by atoms with Crippen LogP contribution in [-0.4, -0.2) is 52.6 Å². The third-order valence-electron chi connectivity index (χ3n) is 8.63. The Balaban J connectivity index is 1.49. The number of rotatable bonds is 6. The van der Waals surface area contributed by atoms with Crippen LogP contribution in [0.25, 0.3) is 44.5 Å². The number of nitrogens with one attached hydrogen (secondary N) is 3. The van der Waals surface area contributed by atoms with E-state index in [9.17, 15) is 4.79 Å². The molecule has 3 saturated heterocycles. The van der Waals surface area contributed by atoms with E-state index in [1.54, 1.807) is 7.11 Å². The van der Waals surface area contributed by atoms with Gasteiger partial charge in [-0.2, -0.15) is 0 Å². The van der Waals surface area contributed by atoms with Crippen molar-refractivity contribution in [2.75, 3.05) is 32.1 Å².